The molecule has 0 spiro atoms. The van der Waals surface area contributed by atoms with Gasteiger partial charge in [-0.25, -0.2) is 9.37 Å². The number of rotatable bonds is 7. The molecular weight excluding hydrogens is 491 g/mol. The Hall–Kier alpha value is -3.89. The molecule has 8 nitrogen and oxygen atoms in total. The van der Waals surface area contributed by atoms with E-state index >= 15 is 0 Å². The van der Waals surface area contributed by atoms with Gasteiger partial charge in [-0.1, -0.05) is 12.1 Å². The second-order valence-corrected chi connectivity index (χ2v) is 9.79. The van der Waals surface area contributed by atoms with E-state index in [1.807, 2.05) is 6.92 Å². The van der Waals surface area contributed by atoms with E-state index in [0.29, 0.717) is 34.6 Å². The SMILES string of the molecule is Cc1c(Oc2ccccc2F)ccc(NC(=O)c2csc(-c3ccnnc3)n2)c1N1CCC[C@@H](CN)C1. The number of hydrogen-bond donors (Lipinski definition) is 2. The second-order valence-electron chi connectivity index (χ2n) is 8.93. The maximum atomic E-state index is 14.3. The number of hydrogen-bond acceptors (Lipinski definition) is 8. The van der Waals surface area contributed by atoms with Crippen molar-refractivity contribution >= 4 is 28.6 Å². The van der Waals surface area contributed by atoms with Crippen LogP contribution in [0, 0.1) is 18.7 Å². The molecule has 3 N–H and O–H groups in total. The van der Waals surface area contributed by atoms with E-state index in [4.69, 9.17) is 10.5 Å². The second kappa shape index (κ2) is 11.0. The Morgan fingerprint density at radius 1 is 1.22 bits per heavy atom. The van der Waals surface area contributed by atoms with Crippen LogP contribution >= 0.6 is 11.3 Å². The van der Waals surface area contributed by atoms with Gasteiger partial charge in [0.15, 0.2) is 11.6 Å². The number of ether oxygens (including phenoxy) is 1. The van der Waals surface area contributed by atoms with E-state index in [0.717, 1.165) is 42.7 Å². The molecule has 0 aliphatic carbocycles. The highest BCUT2D eigenvalue weighted by Crippen LogP contribution is 2.40. The molecule has 0 unspecified atom stereocenters. The number of amides is 1. The van der Waals surface area contributed by atoms with Crippen molar-refractivity contribution < 1.29 is 13.9 Å². The van der Waals surface area contributed by atoms with Crippen molar-refractivity contribution in [3.63, 3.8) is 0 Å². The van der Waals surface area contributed by atoms with Crippen molar-refractivity contribution in [2.45, 2.75) is 19.8 Å². The number of benzene rings is 2. The smallest absolute Gasteiger partial charge is 0.275 e. The number of anilines is 2. The predicted molar refractivity (Wildman–Crippen MR) is 143 cm³/mol. The van der Waals surface area contributed by atoms with E-state index < -0.39 is 5.82 Å². The maximum absolute atomic E-state index is 14.3. The van der Waals surface area contributed by atoms with E-state index in [1.54, 1.807) is 54.2 Å². The number of nitrogens with one attached hydrogen (secondary N) is 1. The lowest BCUT2D eigenvalue weighted by Crippen LogP contribution is -2.39. The van der Waals surface area contributed by atoms with Crippen molar-refractivity contribution in [2.24, 2.45) is 11.7 Å². The van der Waals surface area contributed by atoms with Gasteiger partial charge in [-0.2, -0.15) is 10.2 Å². The zero-order valence-electron chi connectivity index (χ0n) is 20.4. The summed E-state index contributed by atoms with van der Waals surface area (Å²) in [6.45, 7) is 4.09. The van der Waals surface area contributed by atoms with Crippen molar-refractivity contribution in [1.29, 1.82) is 0 Å². The minimum Gasteiger partial charge on any atom is -0.454 e. The molecule has 2 aromatic carbocycles. The molecule has 4 aromatic rings. The molecule has 0 bridgehead atoms. The molecule has 10 heteroatoms. The Kier molecular flexibility index (Phi) is 7.38. The normalized spacial score (nSPS) is 15.4. The fourth-order valence-electron chi connectivity index (χ4n) is 4.52. The highest BCUT2D eigenvalue weighted by molar-refractivity contribution is 7.13. The first kappa shape index (κ1) is 24.8. The summed E-state index contributed by atoms with van der Waals surface area (Å²) in [6.07, 6.45) is 5.25. The number of aromatic nitrogens is 3. The molecule has 2 aromatic heterocycles. The van der Waals surface area contributed by atoms with Crippen LogP contribution < -0.4 is 20.7 Å². The van der Waals surface area contributed by atoms with E-state index in [-0.39, 0.29) is 11.7 Å². The largest absolute Gasteiger partial charge is 0.454 e. The number of thiazole rings is 1. The minimum atomic E-state index is -0.439. The third kappa shape index (κ3) is 5.45. The van der Waals surface area contributed by atoms with Gasteiger partial charge in [0.2, 0.25) is 0 Å². The molecule has 1 aliphatic heterocycles. The van der Waals surface area contributed by atoms with Gasteiger partial charge in [0.1, 0.15) is 16.5 Å². The quantitative estimate of drug-likeness (QED) is 0.343. The van der Waals surface area contributed by atoms with E-state index in [9.17, 15) is 9.18 Å². The van der Waals surface area contributed by atoms with Gasteiger partial charge in [0.05, 0.1) is 23.8 Å². The van der Waals surface area contributed by atoms with Crippen molar-refractivity contribution in [3.05, 3.63) is 77.3 Å². The van der Waals surface area contributed by atoms with Crippen molar-refractivity contribution in [3.8, 4) is 22.1 Å². The Morgan fingerprint density at radius 2 is 2.08 bits per heavy atom. The molecule has 1 saturated heterocycles. The number of nitrogens with zero attached hydrogens (tertiary/aromatic N) is 4. The van der Waals surface area contributed by atoms with Gasteiger partial charge in [-0.05, 0) is 62.6 Å². The zero-order chi connectivity index (χ0) is 25.8. The number of carbonyl (C=O) groups excluding carboxylic acids is 1. The first-order valence-corrected chi connectivity index (χ1v) is 13.0. The number of nitrogens with two attached hydrogens (primary N) is 1. The first-order chi connectivity index (χ1) is 18.0. The van der Waals surface area contributed by atoms with Gasteiger partial charge in [-0.15, -0.1) is 11.3 Å². The predicted octanol–water partition coefficient (Wildman–Crippen LogP) is 5.27. The number of para-hydroxylation sites is 1. The maximum Gasteiger partial charge on any atom is 0.275 e. The fraction of sp³-hybridized carbons (Fsp3) is 0.259. The fourth-order valence-corrected chi connectivity index (χ4v) is 5.31. The summed E-state index contributed by atoms with van der Waals surface area (Å²) in [5.41, 5.74) is 9.39. The van der Waals surface area contributed by atoms with Crippen LogP contribution in [-0.4, -0.2) is 40.7 Å². The van der Waals surface area contributed by atoms with E-state index in [2.05, 4.69) is 25.4 Å². The molecule has 190 valence electrons. The molecule has 1 atom stereocenters. The summed E-state index contributed by atoms with van der Waals surface area (Å²) in [5.74, 6) is 0.260. The Bertz CT molecular complexity index is 1400. The molecule has 37 heavy (non-hydrogen) atoms. The lowest BCUT2D eigenvalue weighted by atomic mass is 9.96. The number of piperidine rings is 1. The molecule has 3 heterocycles. The molecule has 1 fully saturated rings. The van der Waals surface area contributed by atoms with Gasteiger partial charge < -0.3 is 20.7 Å². The topological polar surface area (TPSA) is 106 Å². The average molecular weight is 519 g/mol. The van der Waals surface area contributed by atoms with Crippen LogP contribution in [0.5, 0.6) is 11.5 Å². The summed E-state index contributed by atoms with van der Waals surface area (Å²) < 4.78 is 20.3. The van der Waals surface area contributed by atoms with Gasteiger partial charge in [0, 0.05) is 29.6 Å². The third-order valence-corrected chi connectivity index (χ3v) is 7.31. The summed E-state index contributed by atoms with van der Waals surface area (Å²) in [6, 6.07) is 11.6. The number of carbonyl (C=O) groups is 1. The van der Waals surface area contributed by atoms with Gasteiger partial charge in [-0.3, -0.25) is 4.79 Å². The molecule has 0 saturated carbocycles. The number of halogens is 1. The van der Waals surface area contributed by atoms with Crippen LogP contribution in [0.15, 0.2) is 60.2 Å². The molecule has 1 amide bonds. The average Bonchev–Trinajstić information content (AvgIpc) is 3.43. The molecule has 1 aliphatic rings. The van der Waals surface area contributed by atoms with Crippen LogP contribution in [0.3, 0.4) is 0 Å². The minimum absolute atomic E-state index is 0.146. The van der Waals surface area contributed by atoms with Crippen LogP contribution in [0.25, 0.3) is 10.6 Å². The summed E-state index contributed by atoms with van der Waals surface area (Å²) in [7, 11) is 0. The van der Waals surface area contributed by atoms with Crippen molar-refractivity contribution in [2.75, 3.05) is 29.9 Å². The molecule has 5 rings (SSSR count). The van der Waals surface area contributed by atoms with Crippen LogP contribution in [0.2, 0.25) is 0 Å². The van der Waals surface area contributed by atoms with Gasteiger partial charge in [0.25, 0.3) is 5.91 Å². The van der Waals surface area contributed by atoms with Crippen LogP contribution in [0.1, 0.15) is 28.9 Å². The molecule has 0 radical (unpaired) electrons. The Labute approximate surface area is 218 Å². The Balaban J connectivity index is 1.46. The van der Waals surface area contributed by atoms with Gasteiger partial charge >= 0.3 is 0 Å². The lowest BCUT2D eigenvalue weighted by molar-refractivity contribution is 0.102. The third-order valence-electron chi connectivity index (χ3n) is 6.42. The van der Waals surface area contributed by atoms with E-state index in [1.165, 1.54) is 17.4 Å². The highest BCUT2D eigenvalue weighted by Gasteiger charge is 2.25. The van der Waals surface area contributed by atoms with Crippen molar-refractivity contribution in [1.82, 2.24) is 15.2 Å². The Morgan fingerprint density at radius 3 is 2.86 bits per heavy atom. The summed E-state index contributed by atoms with van der Waals surface area (Å²) in [4.78, 5) is 20.0. The lowest BCUT2D eigenvalue weighted by Gasteiger charge is -2.36. The zero-order valence-corrected chi connectivity index (χ0v) is 21.2. The summed E-state index contributed by atoms with van der Waals surface area (Å²) >= 11 is 1.37. The van der Waals surface area contributed by atoms with Crippen LogP contribution in [-0.2, 0) is 0 Å². The standard InChI is InChI=1S/C27H27FN6O2S/c1-17-23(36-24-7-3-2-6-20(24)28)9-8-21(25(17)34-12-4-5-18(13-29)15-34)32-26(35)22-16-37-27(33-22)19-10-11-30-31-14-19/h2-3,6-11,14,16,18H,4-5,12-13,15,29H2,1H3,(H,32,35)/t18-/m0/s1. The monoisotopic (exact) mass is 518 g/mol. The highest BCUT2D eigenvalue weighted by atomic mass is 32.1. The summed E-state index contributed by atoms with van der Waals surface area (Å²) in [5, 5.41) is 13.1. The first-order valence-electron chi connectivity index (χ1n) is 12.1. The molecular formula is C27H27FN6O2S. The van der Waals surface area contributed by atoms with Crippen LogP contribution in [0.4, 0.5) is 15.8 Å².